The maximum atomic E-state index is 3.74. The zero-order valence-corrected chi connectivity index (χ0v) is 13.8. The second-order valence-electron chi connectivity index (χ2n) is 6.14. The van der Waals surface area contributed by atoms with Gasteiger partial charge >= 0.3 is 0 Å². The van der Waals surface area contributed by atoms with Gasteiger partial charge in [0, 0.05) is 22.6 Å². The molecule has 1 heterocycles. The molecule has 1 saturated heterocycles. The molecular weight excluding hydrogens is 300 g/mol. The Hall–Kier alpha value is -0.380. The van der Waals surface area contributed by atoms with Gasteiger partial charge in [0.05, 0.1) is 0 Å². The lowest BCUT2D eigenvalue weighted by Gasteiger charge is -2.36. The number of rotatable bonds is 4. The summed E-state index contributed by atoms with van der Waals surface area (Å²) in [5.41, 5.74) is 1.37. The second-order valence-corrected chi connectivity index (χ2v) is 7.06. The standard InChI is InChI=1S/C16H25BrN2/c1-16(2,13-7-9-14(17)10-8-13)18-12-15-6-4-5-11-19(15)3/h7-10,15,18H,4-6,11-12H2,1-3H3. The van der Waals surface area contributed by atoms with Gasteiger partial charge in [-0.15, -0.1) is 0 Å². The first-order valence-corrected chi connectivity index (χ1v) is 8.00. The van der Waals surface area contributed by atoms with Crippen molar-refractivity contribution in [3.8, 4) is 0 Å². The van der Waals surface area contributed by atoms with Crippen molar-refractivity contribution in [2.45, 2.75) is 44.7 Å². The van der Waals surface area contributed by atoms with Crippen molar-refractivity contribution in [2.75, 3.05) is 20.1 Å². The van der Waals surface area contributed by atoms with Gasteiger partial charge in [-0.25, -0.2) is 0 Å². The van der Waals surface area contributed by atoms with E-state index in [2.05, 4.69) is 71.3 Å². The molecule has 1 aromatic carbocycles. The molecule has 1 aromatic rings. The maximum absolute atomic E-state index is 3.74. The lowest BCUT2D eigenvalue weighted by Crippen LogP contribution is -2.48. The third kappa shape index (κ3) is 4.04. The van der Waals surface area contributed by atoms with E-state index in [4.69, 9.17) is 0 Å². The van der Waals surface area contributed by atoms with Gasteiger partial charge < -0.3 is 10.2 Å². The zero-order chi connectivity index (χ0) is 13.9. The number of piperidine rings is 1. The van der Waals surface area contributed by atoms with E-state index in [0.29, 0.717) is 6.04 Å². The molecule has 106 valence electrons. The number of benzene rings is 1. The smallest absolute Gasteiger partial charge is 0.0378 e. The SMILES string of the molecule is CN1CCCCC1CNC(C)(C)c1ccc(Br)cc1. The molecule has 1 aliphatic heterocycles. The third-order valence-corrected chi connectivity index (χ3v) is 4.80. The summed E-state index contributed by atoms with van der Waals surface area (Å²) in [6.07, 6.45) is 4.04. The molecule has 19 heavy (non-hydrogen) atoms. The molecule has 0 radical (unpaired) electrons. The molecule has 0 saturated carbocycles. The first-order chi connectivity index (χ1) is 8.99. The van der Waals surface area contributed by atoms with Crippen LogP contribution in [0.15, 0.2) is 28.7 Å². The third-order valence-electron chi connectivity index (χ3n) is 4.27. The summed E-state index contributed by atoms with van der Waals surface area (Å²) in [4.78, 5) is 2.49. The Morgan fingerprint density at radius 3 is 2.58 bits per heavy atom. The highest BCUT2D eigenvalue weighted by molar-refractivity contribution is 9.10. The van der Waals surface area contributed by atoms with E-state index < -0.39 is 0 Å². The van der Waals surface area contributed by atoms with E-state index in [-0.39, 0.29) is 5.54 Å². The molecule has 1 aliphatic rings. The number of likely N-dealkylation sites (tertiary alicyclic amines) is 1. The summed E-state index contributed by atoms with van der Waals surface area (Å²) in [5.74, 6) is 0. The van der Waals surface area contributed by atoms with E-state index in [9.17, 15) is 0 Å². The molecule has 0 amide bonds. The van der Waals surface area contributed by atoms with Crippen molar-refractivity contribution < 1.29 is 0 Å². The van der Waals surface area contributed by atoms with Crippen LogP contribution in [0.5, 0.6) is 0 Å². The molecule has 2 nitrogen and oxygen atoms in total. The van der Waals surface area contributed by atoms with Crippen molar-refractivity contribution >= 4 is 15.9 Å². The Morgan fingerprint density at radius 1 is 1.26 bits per heavy atom. The summed E-state index contributed by atoms with van der Waals surface area (Å²) >= 11 is 3.49. The van der Waals surface area contributed by atoms with Crippen LogP contribution in [-0.2, 0) is 5.54 Å². The van der Waals surface area contributed by atoms with Crippen molar-refractivity contribution in [1.82, 2.24) is 10.2 Å². The molecule has 0 spiro atoms. The first-order valence-electron chi connectivity index (χ1n) is 7.20. The predicted octanol–water partition coefficient (Wildman–Crippen LogP) is 3.76. The molecule has 1 atom stereocenters. The minimum absolute atomic E-state index is 0.0268. The van der Waals surface area contributed by atoms with Gasteiger partial charge in [-0.05, 0) is 58.0 Å². The molecule has 1 unspecified atom stereocenters. The van der Waals surface area contributed by atoms with Crippen LogP contribution in [0, 0.1) is 0 Å². The fraction of sp³-hybridized carbons (Fsp3) is 0.625. The van der Waals surface area contributed by atoms with Crippen molar-refractivity contribution in [3.05, 3.63) is 34.3 Å². The van der Waals surface area contributed by atoms with Crippen LogP contribution in [-0.4, -0.2) is 31.1 Å². The second kappa shape index (κ2) is 6.38. The molecule has 2 rings (SSSR count). The Labute approximate surface area is 125 Å². The number of hydrogen-bond donors (Lipinski definition) is 1. The Bertz CT molecular complexity index is 400. The van der Waals surface area contributed by atoms with E-state index in [1.807, 2.05) is 0 Å². The molecule has 0 aromatic heterocycles. The van der Waals surface area contributed by atoms with Crippen LogP contribution >= 0.6 is 15.9 Å². The monoisotopic (exact) mass is 324 g/mol. The Balaban J connectivity index is 1.95. The van der Waals surface area contributed by atoms with Gasteiger partial charge in [0.25, 0.3) is 0 Å². The van der Waals surface area contributed by atoms with Crippen molar-refractivity contribution in [3.63, 3.8) is 0 Å². The van der Waals surface area contributed by atoms with E-state index in [0.717, 1.165) is 11.0 Å². The van der Waals surface area contributed by atoms with Crippen LogP contribution < -0.4 is 5.32 Å². The lowest BCUT2D eigenvalue weighted by molar-refractivity contribution is 0.170. The number of likely N-dealkylation sites (N-methyl/N-ethyl adjacent to an activating group) is 1. The summed E-state index contributed by atoms with van der Waals surface area (Å²) in [7, 11) is 2.25. The largest absolute Gasteiger partial charge is 0.306 e. The van der Waals surface area contributed by atoms with Gasteiger partial charge in [0.15, 0.2) is 0 Å². The maximum Gasteiger partial charge on any atom is 0.0378 e. The number of nitrogens with one attached hydrogen (secondary N) is 1. The zero-order valence-electron chi connectivity index (χ0n) is 12.2. The number of nitrogens with zero attached hydrogens (tertiary/aromatic N) is 1. The van der Waals surface area contributed by atoms with Crippen LogP contribution in [0.4, 0.5) is 0 Å². The highest BCUT2D eigenvalue weighted by atomic mass is 79.9. The molecule has 0 bridgehead atoms. The molecule has 1 N–H and O–H groups in total. The molecule has 0 aliphatic carbocycles. The average molecular weight is 325 g/mol. The van der Waals surface area contributed by atoms with Crippen LogP contribution in [0.1, 0.15) is 38.7 Å². The minimum Gasteiger partial charge on any atom is -0.306 e. The fourth-order valence-electron chi connectivity index (χ4n) is 2.74. The Kier molecular flexibility index (Phi) is 5.04. The molecular formula is C16H25BrN2. The summed E-state index contributed by atoms with van der Waals surface area (Å²) in [6.45, 7) is 6.84. The Morgan fingerprint density at radius 2 is 1.95 bits per heavy atom. The van der Waals surface area contributed by atoms with Crippen molar-refractivity contribution in [1.29, 1.82) is 0 Å². The average Bonchev–Trinajstić information content (AvgIpc) is 2.38. The van der Waals surface area contributed by atoms with Gasteiger partial charge in [0.2, 0.25) is 0 Å². The minimum atomic E-state index is 0.0268. The number of hydrogen-bond acceptors (Lipinski definition) is 2. The van der Waals surface area contributed by atoms with Crippen LogP contribution in [0.25, 0.3) is 0 Å². The first kappa shape index (κ1) is 15.0. The van der Waals surface area contributed by atoms with Crippen molar-refractivity contribution in [2.24, 2.45) is 0 Å². The normalized spacial score (nSPS) is 21.6. The van der Waals surface area contributed by atoms with Gasteiger partial charge in [-0.2, -0.15) is 0 Å². The van der Waals surface area contributed by atoms with Crippen LogP contribution in [0.2, 0.25) is 0 Å². The lowest BCUT2D eigenvalue weighted by atomic mass is 9.93. The summed E-state index contributed by atoms with van der Waals surface area (Å²) in [5, 5.41) is 3.74. The topological polar surface area (TPSA) is 15.3 Å². The molecule has 1 fully saturated rings. The highest BCUT2D eigenvalue weighted by Gasteiger charge is 2.24. The van der Waals surface area contributed by atoms with E-state index in [1.54, 1.807) is 0 Å². The van der Waals surface area contributed by atoms with Gasteiger partial charge in [-0.3, -0.25) is 0 Å². The van der Waals surface area contributed by atoms with E-state index >= 15 is 0 Å². The highest BCUT2D eigenvalue weighted by Crippen LogP contribution is 2.23. The van der Waals surface area contributed by atoms with Gasteiger partial charge in [-0.1, -0.05) is 34.5 Å². The summed E-state index contributed by atoms with van der Waals surface area (Å²) < 4.78 is 1.14. The van der Waals surface area contributed by atoms with Gasteiger partial charge in [0.1, 0.15) is 0 Å². The summed E-state index contributed by atoms with van der Waals surface area (Å²) in [6, 6.07) is 9.31. The fourth-order valence-corrected chi connectivity index (χ4v) is 3.01. The number of halogens is 1. The quantitative estimate of drug-likeness (QED) is 0.907. The van der Waals surface area contributed by atoms with Crippen LogP contribution in [0.3, 0.4) is 0 Å². The predicted molar refractivity (Wildman–Crippen MR) is 85.4 cm³/mol. The molecule has 3 heteroatoms. The van der Waals surface area contributed by atoms with E-state index in [1.165, 1.54) is 31.4 Å².